The van der Waals surface area contributed by atoms with Crippen LogP contribution in [0.15, 0.2) is 30.3 Å². The van der Waals surface area contributed by atoms with Gasteiger partial charge in [-0.3, -0.25) is 0 Å². The molecule has 2 nitrogen and oxygen atoms in total. The zero-order chi connectivity index (χ0) is 18.7. The summed E-state index contributed by atoms with van der Waals surface area (Å²) in [5, 5.41) is 0. The normalized spacial score (nSPS) is 10.8. The molecule has 0 N–H and O–H groups in total. The second-order valence-electron chi connectivity index (χ2n) is 7.18. The summed E-state index contributed by atoms with van der Waals surface area (Å²) in [7, 11) is 0. The maximum absolute atomic E-state index is 11.8. The van der Waals surface area contributed by atoms with Crippen LogP contribution in [0.2, 0.25) is 0 Å². The fourth-order valence-corrected chi connectivity index (χ4v) is 3.38. The van der Waals surface area contributed by atoms with E-state index in [0.717, 1.165) is 18.6 Å². The molecule has 0 unspecified atom stereocenters. The summed E-state index contributed by atoms with van der Waals surface area (Å²) in [4.78, 5) is 11.8. The minimum Gasteiger partial charge on any atom is -0.462 e. The van der Waals surface area contributed by atoms with E-state index in [1.54, 1.807) is 12.1 Å². The highest BCUT2D eigenvalue weighted by Crippen LogP contribution is 2.13. The second kappa shape index (κ2) is 17.5. The number of thiol groups is 1. The largest absolute Gasteiger partial charge is 0.462 e. The van der Waals surface area contributed by atoms with E-state index in [4.69, 9.17) is 4.74 Å². The lowest BCUT2D eigenvalue weighted by atomic mass is 10.0. The van der Waals surface area contributed by atoms with Crippen LogP contribution in [-0.4, -0.2) is 18.3 Å². The Labute approximate surface area is 166 Å². The topological polar surface area (TPSA) is 26.3 Å². The molecule has 0 fully saturated rings. The molecule has 0 aromatic heterocycles. The minimum atomic E-state index is -0.202. The van der Waals surface area contributed by atoms with Crippen LogP contribution < -0.4 is 0 Å². The van der Waals surface area contributed by atoms with Crippen molar-refractivity contribution in [3.05, 3.63) is 35.9 Å². The molecule has 0 aliphatic rings. The lowest BCUT2D eigenvalue weighted by Gasteiger charge is -2.05. The van der Waals surface area contributed by atoms with Crippen LogP contribution in [0.3, 0.4) is 0 Å². The highest BCUT2D eigenvalue weighted by Gasteiger charge is 2.04. The van der Waals surface area contributed by atoms with E-state index in [1.807, 2.05) is 18.2 Å². The van der Waals surface area contributed by atoms with Crippen LogP contribution in [0.4, 0.5) is 0 Å². The number of ether oxygens (including phenoxy) is 1. The van der Waals surface area contributed by atoms with Gasteiger partial charge >= 0.3 is 5.97 Å². The van der Waals surface area contributed by atoms with Crippen LogP contribution in [-0.2, 0) is 4.74 Å². The maximum Gasteiger partial charge on any atom is 0.338 e. The molecule has 0 aliphatic carbocycles. The standard InChI is InChI=1S/C23H38O2S/c24-23(22-18-14-13-15-19-22)25-20-16-11-9-7-5-3-1-2-4-6-8-10-12-17-21-26/h13-15,18-19,26H,1-12,16-17,20-21H2. The fourth-order valence-electron chi connectivity index (χ4n) is 3.16. The first-order chi connectivity index (χ1) is 12.8. The van der Waals surface area contributed by atoms with Gasteiger partial charge in [-0.05, 0) is 30.7 Å². The van der Waals surface area contributed by atoms with Gasteiger partial charge in [0.25, 0.3) is 0 Å². The molecule has 0 saturated carbocycles. The second-order valence-corrected chi connectivity index (χ2v) is 7.62. The summed E-state index contributed by atoms with van der Waals surface area (Å²) in [6, 6.07) is 9.23. The van der Waals surface area contributed by atoms with E-state index in [-0.39, 0.29) is 5.97 Å². The number of rotatable bonds is 17. The molecule has 0 saturated heterocycles. The van der Waals surface area contributed by atoms with Crippen molar-refractivity contribution in [1.29, 1.82) is 0 Å². The van der Waals surface area contributed by atoms with Gasteiger partial charge in [-0.25, -0.2) is 4.79 Å². The van der Waals surface area contributed by atoms with Gasteiger partial charge in [0.05, 0.1) is 12.2 Å². The summed E-state index contributed by atoms with van der Waals surface area (Å²) in [6.45, 7) is 0.543. The molecule has 0 heterocycles. The van der Waals surface area contributed by atoms with E-state index >= 15 is 0 Å². The van der Waals surface area contributed by atoms with E-state index < -0.39 is 0 Å². The zero-order valence-corrected chi connectivity index (χ0v) is 17.4. The summed E-state index contributed by atoms with van der Waals surface area (Å²) in [5.74, 6) is 0.839. The summed E-state index contributed by atoms with van der Waals surface area (Å²) >= 11 is 4.25. The van der Waals surface area contributed by atoms with E-state index in [0.29, 0.717) is 12.2 Å². The van der Waals surface area contributed by atoms with E-state index in [1.165, 1.54) is 77.0 Å². The van der Waals surface area contributed by atoms with Gasteiger partial charge in [-0.1, -0.05) is 95.2 Å². The summed E-state index contributed by atoms with van der Waals surface area (Å²) in [5.41, 5.74) is 0.644. The van der Waals surface area contributed by atoms with E-state index in [9.17, 15) is 4.79 Å². The maximum atomic E-state index is 11.8. The van der Waals surface area contributed by atoms with Crippen LogP contribution in [0.1, 0.15) is 100 Å². The van der Waals surface area contributed by atoms with Gasteiger partial charge in [-0.2, -0.15) is 12.6 Å². The molecule has 26 heavy (non-hydrogen) atoms. The third kappa shape index (κ3) is 13.3. The number of hydrogen-bond donors (Lipinski definition) is 1. The lowest BCUT2D eigenvalue weighted by molar-refractivity contribution is 0.0497. The predicted molar refractivity (Wildman–Crippen MR) is 115 cm³/mol. The quantitative estimate of drug-likeness (QED) is 0.176. The van der Waals surface area contributed by atoms with Gasteiger partial charge in [0, 0.05) is 0 Å². The molecule has 0 aliphatic heterocycles. The van der Waals surface area contributed by atoms with Crippen molar-refractivity contribution < 1.29 is 9.53 Å². The van der Waals surface area contributed by atoms with Gasteiger partial charge in [0.2, 0.25) is 0 Å². The number of unbranched alkanes of at least 4 members (excludes halogenated alkanes) is 13. The molecular formula is C23H38O2S. The highest BCUT2D eigenvalue weighted by molar-refractivity contribution is 7.80. The average Bonchev–Trinajstić information content (AvgIpc) is 2.68. The Morgan fingerprint density at radius 3 is 1.54 bits per heavy atom. The number of esters is 1. The smallest absolute Gasteiger partial charge is 0.338 e. The first-order valence-electron chi connectivity index (χ1n) is 10.7. The molecule has 0 radical (unpaired) electrons. The molecule has 0 bridgehead atoms. The van der Waals surface area contributed by atoms with Crippen molar-refractivity contribution in [2.45, 2.75) is 89.9 Å². The van der Waals surface area contributed by atoms with Gasteiger partial charge in [0.1, 0.15) is 0 Å². The lowest BCUT2D eigenvalue weighted by Crippen LogP contribution is -2.06. The van der Waals surface area contributed by atoms with Gasteiger partial charge in [-0.15, -0.1) is 0 Å². The molecule has 1 aromatic rings. The Bertz CT molecular complexity index is 433. The number of carbonyl (C=O) groups is 1. The van der Waals surface area contributed by atoms with Gasteiger partial charge in [0.15, 0.2) is 0 Å². The van der Waals surface area contributed by atoms with Crippen LogP contribution >= 0.6 is 12.6 Å². The Hall–Kier alpha value is -0.960. The molecule has 148 valence electrons. The molecule has 1 aromatic carbocycles. The average molecular weight is 379 g/mol. The van der Waals surface area contributed by atoms with E-state index in [2.05, 4.69) is 12.6 Å². The fraction of sp³-hybridized carbons (Fsp3) is 0.696. The Kier molecular flexibility index (Phi) is 15.5. The molecule has 1 rings (SSSR count). The van der Waals surface area contributed by atoms with Crippen LogP contribution in [0.25, 0.3) is 0 Å². The minimum absolute atomic E-state index is 0.202. The molecule has 0 spiro atoms. The van der Waals surface area contributed by atoms with Crippen molar-refractivity contribution >= 4 is 18.6 Å². The molecule has 0 atom stereocenters. The van der Waals surface area contributed by atoms with Crippen LogP contribution in [0.5, 0.6) is 0 Å². The molecule has 0 amide bonds. The van der Waals surface area contributed by atoms with Crippen molar-refractivity contribution in [2.75, 3.05) is 12.4 Å². The molecule has 3 heteroatoms. The third-order valence-corrected chi connectivity index (χ3v) is 5.11. The van der Waals surface area contributed by atoms with Crippen LogP contribution in [0, 0.1) is 0 Å². The van der Waals surface area contributed by atoms with Crippen molar-refractivity contribution in [2.24, 2.45) is 0 Å². The summed E-state index contributed by atoms with van der Waals surface area (Å²) in [6.07, 6.45) is 18.5. The number of benzene rings is 1. The van der Waals surface area contributed by atoms with Crippen molar-refractivity contribution in [1.82, 2.24) is 0 Å². The predicted octanol–water partition coefficient (Wildman–Crippen LogP) is 7.23. The number of hydrogen-bond acceptors (Lipinski definition) is 3. The monoisotopic (exact) mass is 378 g/mol. The Morgan fingerprint density at radius 1 is 0.654 bits per heavy atom. The summed E-state index contributed by atoms with van der Waals surface area (Å²) < 4.78 is 5.30. The van der Waals surface area contributed by atoms with Crippen molar-refractivity contribution in [3.63, 3.8) is 0 Å². The molecular weight excluding hydrogens is 340 g/mol. The highest BCUT2D eigenvalue weighted by atomic mass is 32.1. The van der Waals surface area contributed by atoms with Gasteiger partial charge < -0.3 is 4.74 Å². The first-order valence-corrected chi connectivity index (χ1v) is 11.3. The Balaban J connectivity index is 1.76. The zero-order valence-electron chi connectivity index (χ0n) is 16.5. The Morgan fingerprint density at radius 2 is 1.08 bits per heavy atom. The number of carbonyl (C=O) groups excluding carboxylic acids is 1. The first kappa shape index (κ1) is 23.1. The SMILES string of the molecule is O=C(OCCCCCCCCCCCCCCCCS)c1ccccc1. The van der Waals surface area contributed by atoms with Crippen molar-refractivity contribution in [3.8, 4) is 0 Å². The third-order valence-electron chi connectivity index (χ3n) is 4.80.